The van der Waals surface area contributed by atoms with Crippen LogP contribution in [0.2, 0.25) is 0 Å². The molecule has 2 N–H and O–H groups in total. The van der Waals surface area contributed by atoms with Crippen LogP contribution in [0.1, 0.15) is 18.1 Å². The Morgan fingerprint density at radius 3 is 2.41 bits per heavy atom. The van der Waals surface area contributed by atoms with E-state index in [1.807, 2.05) is 19.3 Å². The van der Waals surface area contributed by atoms with Gasteiger partial charge in [-0.2, -0.15) is 0 Å². The van der Waals surface area contributed by atoms with Crippen LogP contribution in [-0.4, -0.2) is 11.0 Å². The van der Waals surface area contributed by atoms with Crippen LogP contribution in [0.4, 0.5) is 0 Å². The predicted molar refractivity (Wildman–Crippen MR) is 71.8 cm³/mol. The maximum atomic E-state index is 5.78. The van der Waals surface area contributed by atoms with Crippen molar-refractivity contribution in [1.82, 2.24) is 4.98 Å². The molecule has 0 saturated heterocycles. The number of aryl methyl sites for hydroxylation is 1. The Hall–Kier alpha value is -1.67. The lowest BCUT2D eigenvalue weighted by Crippen LogP contribution is -2.17. The van der Waals surface area contributed by atoms with Crippen molar-refractivity contribution in [2.24, 2.45) is 5.73 Å². The normalized spacial score (nSPS) is 12.4. The zero-order chi connectivity index (χ0) is 12.3. The molecule has 17 heavy (non-hydrogen) atoms. The molecular weight excluding hydrogens is 208 g/mol. The van der Waals surface area contributed by atoms with E-state index < -0.39 is 0 Å². The van der Waals surface area contributed by atoms with Gasteiger partial charge < -0.3 is 5.73 Å². The first-order chi connectivity index (χ1) is 8.15. The standard InChI is InChI=1S/C15H18N2/c1-11-7-15(10-17-9-11)14-5-3-13(4-6-14)8-12(2)16/h3-7,9-10,12H,8,16H2,1-2H3. The number of rotatable bonds is 3. The van der Waals surface area contributed by atoms with Crippen LogP contribution in [0, 0.1) is 6.92 Å². The van der Waals surface area contributed by atoms with E-state index in [0.29, 0.717) is 0 Å². The number of pyridine rings is 1. The van der Waals surface area contributed by atoms with Crippen LogP contribution in [0.15, 0.2) is 42.7 Å². The molecule has 0 aliphatic carbocycles. The van der Waals surface area contributed by atoms with Crippen LogP contribution in [0.3, 0.4) is 0 Å². The minimum absolute atomic E-state index is 0.210. The van der Waals surface area contributed by atoms with E-state index in [9.17, 15) is 0 Å². The molecule has 1 aromatic carbocycles. The zero-order valence-corrected chi connectivity index (χ0v) is 10.4. The summed E-state index contributed by atoms with van der Waals surface area (Å²) in [4.78, 5) is 4.21. The highest BCUT2D eigenvalue weighted by molar-refractivity contribution is 5.63. The average Bonchev–Trinajstić information content (AvgIpc) is 2.29. The molecule has 1 unspecified atom stereocenters. The van der Waals surface area contributed by atoms with Gasteiger partial charge in [0, 0.05) is 24.0 Å². The van der Waals surface area contributed by atoms with Gasteiger partial charge >= 0.3 is 0 Å². The minimum Gasteiger partial charge on any atom is -0.328 e. The molecule has 2 aromatic rings. The fourth-order valence-electron chi connectivity index (χ4n) is 1.92. The van der Waals surface area contributed by atoms with Gasteiger partial charge in [0.05, 0.1) is 0 Å². The Kier molecular flexibility index (Phi) is 3.55. The second kappa shape index (κ2) is 5.11. The summed E-state index contributed by atoms with van der Waals surface area (Å²) in [5.41, 5.74) is 10.6. The van der Waals surface area contributed by atoms with Crippen molar-refractivity contribution in [3.8, 4) is 11.1 Å². The molecule has 0 saturated carbocycles. The molecule has 88 valence electrons. The highest BCUT2D eigenvalue weighted by Gasteiger charge is 2.00. The molecule has 2 rings (SSSR count). The van der Waals surface area contributed by atoms with Crippen LogP contribution >= 0.6 is 0 Å². The van der Waals surface area contributed by atoms with Gasteiger partial charge in [-0.3, -0.25) is 4.98 Å². The largest absolute Gasteiger partial charge is 0.328 e. The molecule has 1 heterocycles. The summed E-state index contributed by atoms with van der Waals surface area (Å²) < 4.78 is 0. The molecule has 0 spiro atoms. The van der Waals surface area contributed by atoms with Gasteiger partial charge in [0.1, 0.15) is 0 Å². The molecule has 0 bridgehead atoms. The molecule has 2 nitrogen and oxygen atoms in total. The first-order valence-corrected chi connectivity index (χ1v) is 5.91. The molecule has 0 fully saturated rings. The van der Waals surface area contributed by atoms with Crippen molar-refractivity contribution in [2.45, 2.75) is 26.3 Å². The Morgan fingerprint density at radius 1 is 1.12 bits per heavy atom. The lowest BCUT2D eigenvalue weighted by Gasteiger charge is -2.07. The quantitative estimate of drug-likeness (QED) is 0.874. The van der Waals surface area contributed by atoms with E-state index in [2.05, 4.69) is 42.2 Å². The molecule has 1 aromatic heterocycles. The third-order valence-electron chi connectivity index (χ3n) is 2.72. The van der Waals surface area contributed by atoms with Crippen LogP contribution in [0.5, 0.6) is 0 Å². The molecule has 0 aliphatic rings. The maximum absolute atomic E-state index is 5.78. The van der Waals surface area contributed by atoms with Crippen molar-refractivity contribution < 1.29 is 0 Å². The second-order valence-electron chi connectivity index (χ2n) is 4.63. The van der Waals surface area contributed by atoms with Gasteiger partial charge in [-0.1, -0.05) is 24.3 Å². The third kappa shape index (κ3) is 3.14. The first-order valence-electron chi connectivity index (χ1n) is 5.91. The molecule has 2 heteroatoms. The first kappa shape index (κ1) is 11.8. The van der Waals surface area contributed by atoms with Crippen LogP contribution < -0.4 is 5.73 Å². The van der Waals surface area contributed by atoms with E-state index >= 15 is 0 Å². The molecule has 0 aliphatic heterocycles. The van der Waals surface area contributed by atoms with E-state index in [1.54, 1.807) is 0 Å². The van der Waals surface area contributed by atoms with Gasteiger partial charge in [0.2, 0.25) is 0 Å². The number of nitrogens with two attached hydrogens (primary N) is 1. The lowest BCUT2D eigenvalue weighted by atomic mass is 10.0. The molecule has 0 amide bonds. The summed E-state index contributed by atoms with van der Waals surface area (Å²) in [7, 11) is 0. The summed E-state index contributed by atoms with van der Waals surface area (Å²) in [6, 6.07) is 10.9. The van der Waals surface area contributed by atoms with E-state index in [-0.39, 0.29) is 6.04 Å². The predicted octanol–water partition coefficient (Wildman–Crippen LogP) is 2.95. The Balaban J connectivity index is 2.23. The van der Waals surface area contributed by atoms with Crippen molar-refractivity contribution in [2.75, 3.05) is 0 Å². The molecular formula is C15H18N2. The average molecular weight is 226 g/mol. The fourth-order valence-corrected chi connectivity index (χ4v) is 1.92. The SMILES string of the molecule is Cc1cncc(-c2ccc(CC(C)N)cc2)c1. The minimum atomic E-state index is 0.210. The summed E-state index contributed by atoms with van der Waals surface area (Å²) in [6.45, 7) is 4.08. The number of hydrogen-bond acceptors (Lipinski definition) is 2. The smallest absolute Gasteiger partial charge is 0.0346 e. The summed E-state index contributed by atoms with van der Waals surface area (Å²) in [5.74, 6) is 0. The second-order valence-corrected chi connectivity index (χ2v) is 4.63. The molecule has 1 atom stereocenters. The maximum Gasteiger partial charge on any atom is 0.0346 e. The number of nitrogens with zero attached hydrogens (tertiary/aromatic N) is 1. The number of aromatic nitrogens is 1. The zero-order valence-electron chi connectivity index (χ0n) is 10.4. The fraction of sp³-hybridized carbons (Fsp3) is 0.267. The van der Waals surface area contributed by atoms with E-state index in [0.717, 1.165) is 12.0 Å². The van der Waals surface area contributed by atoms with E-state index in [4.69, 9.17) is 5.73 Å². The Bertz CT molecular complexity index is 487. The summed E-state index contributed by atoms with van der Waals surface area (Å²) in [5, 5.41) is 0. The Labute approximate surface area is 103 Å². The Morgan fingerprint density at radius 2 is 1.82 bits per heavy atom. The van der Waals surface area contributed by atoms with E-state index in [1.165, 1.54) is 16.7 Å². The van der Waals surface area contributed by atoms with Crippen molar-refractivity contribution in [1.29, 1.82) is 0 Å². The van der Waals surface area contributed by atoms with Gasteiger partial charge in [-0.25, -0.2) is 0 Å². The van der Waals surface area contributed by atoms with Crippen molar-refractivity contribution in [3.05, 3.63) is 53.9 Å². The number of hydrogen-bond donors (Lipinski definition) is 1. The van der Waals surface area contributed by atoms with Gasteiger partial charge in [0.25, 0.3) is 0 Å². The van der Waals surface area contributed by atoms with Gasteiger partial charge in [0.15, 0.2) is 0 Å². The number of benzene rings is 1. The van der Waals surface area contributed by atoms with Crippen LogP contribution in [-0.2, 0) is 6.42 Å². The molecule has 0 radical (unpaired) electrons. The third-order valence-corrected chi connectivity index (χ3v) is 2.72. The highest BCUT2D eigenvalue weighted by atomic mass is 14.6. The lowest BCUT2D eigenvalue weighted by molar-refractivity contribution is 0.738. The van der Waals surface area contributed by atoms with Gasteiger partial charge in [-0.05, 0) is 43.0 Å². The van der Waals surface area contributed by atoms with Gasteiger partial charge in [-0.15, -0.1) is 0 Å². The van der Waals surface area contributed by atoms with Crippen LogP contribution in [0.25, 0.3) is 11.1 Å². The summed E-state index contributed by atoms with van der Waals surface area (Å²) in [6.07, 6.45) is 4.69. The monoisotopic (exact) mass is 226 g/mol. The van der Waals surface area contributed by atoms with Crippen molar-refractivity contribution in [3.63, 3.8) is 0 Å². The topological polar surface area (TPSA) is 38.9 Å². The van der Waals surface area contributed by atoms with Crippen molar-refractivity contribution >= 4 is 0 Å². The summed E-state index contributed by atoms with van der Waals surface area (Å²) >= 11 is 0. The highest BCUT2D eigenvalue weighted by Crippen LogP contribution is 2.20.